The van der Waals surface area contributed by atoms with Crippen LogP contribution in [0, 0.1) is 0 Å². The number of benzene rings is 10. The Morgan fingerprint density at radius 1 is 0.231 bits per heavy atom. The molecule has 0 radical (unpaired) electrons. The lowest BCUT2D eigenvalue weighted by molar-refractivity contribution is 1.07. The van der Waals surface area contributed by atoms with Gasteiger partial charge in [0, 0.05) is 36.9 Å². The van der Waals surface area contributed by atoms with Gasteiger partial charge in [0.05, 0.1) is 0 Å². The lowest BCUT2D eigenvalue weighted by Crippen LogP contribution is -2.01. The maximum Gasteiger partial charge on any atom is 0.164 e. The van der Waals surface area contributed by atoms with Crippen LogP contribution >= 0.6 is 11.3 Å². The number of nitrogens with zero attached hydrogens (tertiary/aromatic N) is 3. The van der Waals surface area contributed by atoms with Crippen LogP contribution in [0.4, 0.5) is 0 Å². The fourth-order valence-electron chi connectivity index (χ4n) is 8.95. The van der Waals surface area contributed by atoms with Crippen molar-refractivity contribution in [3.05, 3.63) is 237 Å². The molecule has 0 aliphatic carbocycles. The summed E-state index contributed by atoms with van der Waals surface area (Å²) in [7, 11) is 0. The third-order valence-electron chi connectivity index (χ3n) is 12.4. The maximum atomic E-state index is 5.16. The molecule has 0 bridgehead atoms. The van der Waals surface area contributed by atoms with E-state index in [4.69, 9.17) is 15.0 Å². The molecular formula is C61H39N3S. The number of fused-ring (bicyclic) bond motifs is 4. The number of hydrogen-bond donors (Lipinski definition) is 0. The molecule has 0 saturated carbocycles. The Morgan fingerprint density at radius 3 is 1.34 bits per heavy atom. The second kappa shape index (κ2) is 16.4. The van der Waals surface area contributed by atoms with Crippen molar-refractivity contribution in [3.63, 3.8) is 0 Å². The summed E-state index contributed by atoms with van der Waals surface area (Å²) >= 11 is 1.86. The predicted octanol–water partition coefficient (Wildman–Crippen LogP) is 16.7. The Morgan fingerprint density at radius 2 is 0.662 bits per heavy atom. The van der Waals surface area contributed by atoms with Crippen LogP contribution < -0.4 is 0 Å². The maximum absolute atomic E-state index is 5.16. The third-order valence-corrected chi connectivity index (χ3v) is 13.5. The molecule has 3 nitrogen and oxygen atoms in total. The fourth-order valence-corrected chi connectivity index (χ4v) is 10.1. The lowest BCUT2D eigenvalue weighted by Gasteiger charge is -2.13. The zero-order valence-corrected chi connectivity index (χ0v) is 36.1. The van der Waals surface area contributed by atoms with E-state index in [-0.39, 0.29) is 0 Å². The molecule has 12 aromatic rings. The molecule has 0 saturated heterocycles. The zero-order chi connectivity index (χ0) is 43.1. The van der Waals surface area contributed by atoms with Gasteiger partial charge in [0.1, 0.15) is 0 Å². The van der Waals surface area contributed by atoms with E-state index in [2.05, 4.69) is 218 Å². The van der Waals surface area contributed by atoms with E-state index >= 15 is 0 Å². The average molecular weight is 846 g/mol. The van der Waals surface area contributed by atoms with Crippen molar-refractivity contribution in [3.8, 4) is 89.8 Å². The summed E-state index contributed by atoms with van der Waals surface area (Å²) in [6.45, 7) is 0. The summed E-state index contributed by atoms with van der Waals surface area (Å²) in [5.41, 5.74) is 14.4. The van der Waals surface area contributed by atoms with Crippen LogP contribution in [0.25, 0.3) is 121 Å². The van der Waals surface area contributed by atoms with Crippen LogP contribution in [0.5, 0.6) is 0 Å². The molecule has 0 fully saturated rings. The van der Waals surface area contributed by atoms with Gasteiger partial charge in [0.25, 0.3) is 0 Å². The largest absolute Gasteiger partial charge is 0.208 e. The van der Waals surface area contributed by atoms with Gasteiger partial charge in [0.15, 0.2) is 17.5 Å². The van der Waals surface area contributed by atoms with E-state index in [1.54, 1.807) is 0 Å². The first-order valence-corrected chi connectivity index (χ1v) is 22.7. The summed E-state index contributed by atoms with van der Waals surface area (Å²) in [5, 5.41) is 5.07. The minimum Gasteiger partial charge on any atom is -0.208 e. The Balaban J connectivity index is 0.843. The number of hydrogen-bond acceptors (Lipinski definition) is 4. The molecular weight excluding hydrogens is 807 g/mol. The average Bonchev–Trinajstić information content (AvgIpc) is 3.77. The molecule has 2 aromatic heterocycles. The highest BCUT2D eigenvalue weighted by molar-refractivity contribution is 7.25. The molecule has 0 atom stereocenters. The van der Waals surface area contributed by atoms with Crippen LogP contribution in [0.2, 0.25) is 0 Å². The van der Waals surface area contributed by atoms with Gasteiger partial charge in [-0.05, 0) is 96.7 Å². The molecule has 0 unspecified atom stereocenters. The van der Waals surface area contributed by atoms with Crippen LogP contribution in [-0.4, -0.2) is 15.0 Å². The summed E-state index contributed by atoms with van der Waals surface area (Å²) in [6.07, 6.45) is 0. The van der Waals surface area contributed by atoms with Gasteiger partial charge in [-0.3, -0.25) is 0 Å². The second-order valence-electron chi connectivity index (χ2n) is 16.4. The molecule has 0 N–H and O–H groups in total. The van der Waals surface area contributed by atoms with Crippen LogP contribution in [0.3, 0.4) is 0 Å². The summed E-state index contributed by atoms with van der Waals surface area (Å²) in [4.78, 5) is 15.4. The van der Waals surface area contributed by atoms with E-state index in [9.17, 15) is 0 Å². The van der Waals surface area contributed by atoms with E-state index in [1.165, 1.54) is 53.2 Å². The van der Waals surface area contributed by atoms with Crippen molar-refractivity contribution in [2.45, 2.75) is 0 Å². The van der Waals surface area contributed by atoms with Gasteiger partial charge in [-0.1, -0.05) is 206 Å². The standard InChI is InChI=1S/C61H39N3S/c1-3-12-40(13-4-1)46-16-11-17-52(38-46)60-62-59(63-61(64-60)56-20-8-7-18-53(56)44-14-5-2-6-15-44)45-28-26-42(27-29-45)48-31-33-49-36-47(30-32-50(49)37-48)41-22-24-43(25-23-41)51-34-35-55-54-19-9-10-21-57(54)65-58(55)39-51/h1-39H. The van der Waals surface area contributed by atoms with Crippen LogP contribution in [0.15, 0.2) is 237 Å². The van der Waals surface area contributed by atoms with Gasteiger partial charge in [0.2, 0.25) is 0 Å². The first kappa shape index (κ1) is 38.4. The quantitative estimate of drug-likeness (QED) is 0.153. The van der Waals surface area contributed by atoms with Crippen LogP contribution in [0.1, 0.15) is 0 Å². The van der Waals surface area contributed by atoms with Crippen LogP contribution in [-0.2, 0) is 0 Å². The molecule has 12 rings (SSSR count). The van der Waals surface area contributed by atoms with Gasteiger partial charge < -0.3 is 0 Å². The number of thiophene rings is 1. The minimum absolute atomic E-state index is 0.626. The molecule has 2 heterocycles. The summed E-state index contributed by atoms with van der Waals surface area (Å²) in [6, 6.07) is 84.2. The van der Waals surface area contributed by atoms with Crippen molar-refractivity contribution < 1.29 is 0 Å². The first-order chi connectivity index (χ1) is 32.2. The Kier molecular flexibility index (Phi) is 9.70. The van der Waals surface area contributed by atoms with Crippen molar-refractivity contribution >= 4 is 42.3 Å². The Bertz CT molecular complexity index is 3690. The minimum atomic E-state index is 0.626. The van der Waals surface area contributed by atoms with Gasteiger partial charge in [-0.2, -0.15) is 0 Å². The Hall–Kier alpha value is -8.31. The highest BCUT2D eigenvalue weighted by Gasteiger charge is 2.17. The van der Waals surface area contributed by atoms with Gasteiger partial charge in [-0.25, -0.2) is 15.0 Å². The molecule has 65 heavy (non-hydrogen) atoms. The van der Waals surface area contributed by atoms with Gasteiger partial charge in [-0.15, -0.1) is 11.3 Å². The molecule has 0 aliphatic rings. The molecule has 10 aromatic carbocycles. The molecule has 304 valence electrons. The second-order valence-corrected chi connectivity index (χ2v) is 17.5. The monoisotopic (exact) mass is 845 g/mol. The highest BCUT2D eigenvalue weighted by Crippen LogP contribution is 2.38. The van der Waals surface area contributed by atoms with Gasteiger partial charge >= 0.3 is 0 Å². The zero-order valence-electron chi connectivity index (χ0n) is 35.3. The van der Waals surface area contributed by atoms with E-state index in [0.29, 0.717) is 17.5 Å². The molecule has 0 aliphatic heterocycles. The topological polar surface area (TPSA) is 38.7 Å². The Labute approximate surface area is 381 Å². The predicted molar refractivity (Wildman–Crippen MR) is 274 cm³/mol. The van der Waals surface area contributed by atoms with Crippen molar-refractivity contribution in [2.24, 2.45) is 0 Å². The highest BCUT2D eigenvalue weighted by atomic mass is 32.1. The van der Waals surface area contributed by atoms with E-state index in [1.807, 2.05) is 29.5 Å². The number of aromatic nitrogens is 3. The SMILES string of the molecule is c1ccc(-c2cccc(-c3nc(-c4ccc(-c5ccc6cc(-c7ccc(-c8ccc9c(c8)sc8ccccc89)cc7)ccc6c5)cc4)nc(-c4ccccc4-c4ccccc4)n3)c2)cc1. The first-order valence-electron chi connectivity index (χ1n) is 21.9. The summed E-state index contributed by atoms with van der Waals surface area (Å²) in [5.74, 6) is 1.89. The molecule has 0 spiro atoms. The third kappa shape index (κ3) is 7.46. The lowest BCUT2D eigenvalue weighted by atomic mass is 9.96. The fraction of sp³-hybridized carbons (Fsp3) is 0. The van der Waals surface area contributed by atoms with E-state index in [0.717, 1.165) is 50.1 Å². The van der Waals surface area contributed by atoms with Crippen molar-refractivity contribution in [1.82, 2.24) is 15.0 Å². The molecule has 0 amide bonds. The van der Waals surface area contributed by atoms with Crippen molar-refractivity contribution in [1.29, 1.82) is 0 Å². The smallest absolute Gasteiger partial charge is 0.164 e. The van der Waals surface area contributed by atoms with E-state index < -0.39 is 0 Å². The van der Waals surface area contributed by atoms with Crippen molar-refractivity contribution in [2.75, 3.05) is 0 Å². The number of rotatable bonds is 8. The molecule has 4 heteroatoms. The summed E-state index contributed by atoms with van der Waals surface area (Å²) < 4.78 is 2.66. The normalized spacial score (nSPS) is 11.4.